The summed E-state index contributed by atoms with van der Waals surface area (Å²) < 4.78 is 5.35. The van der Waals surface area contributed by atoms with E-state index >= 15 is 0 Å². The first-order chi connectivity index (χ1) is 4.54. The molecule has 1 aliphatic rings. The summed E-state index contributed by atoms with van der Waals surface area (Å²) in [6.45, 7) is 6.00. The Morgan fingerprint density at radius 2 is 2.40 bits per heavy atom. The molecular weight excluding hydrogens is 130 g/mol. The lowest BCUT2D eigenvalue weighted by Crippen LogP contribution is -2.44. The zero-order chi connectivity index (χ0) is 7.78. The lowest BCUT2D eigenvalue weighted by atomic mass is 10.2. The van der Waals surface area contributed by atoms with Gasteiger partial charge in [0.2, 0.25) is 0 Å². The second-order valence-electron chi connectivity index (χ2n) is 2.90. The molecule has 3 nitrogen and oxygen atoms in total. The quantitative estimate of drug-likeness (QED) is 0.573. The molecule has 1 heterocycles. The van der Waals surface area contributed by atoms with Crippen molar-refractivity contribution < 1.29 is 9.53 Å². The summed E-state index contributed by atoms with van der Waals surface area (Å²) in [6.07, 6.45) is 0.147. The molecule has 0 spiro atoms. The average Bonchev–Trinajstić information content (AvgIpc) is 2.13. The molecule has 0 aromatic rings. The summed E-state index contributed by atoms with van der Waals surface area (Å²) in [7, 11) is 0. The third kappa shape index (κ3) is 1.20. The van der Waals surface area contributed by atoms with Crippen molar-refractivity contribution in [3.63, 3.8) is 0 Å². The summed E-state index contributed by atoms with van der Waals surface area (Å²) in [5.41, 5.74) is -0.723. The molecular formula is C7H13NO2. The Bertz CT molecular complexity index is 158. The average molecular weight is 143 g/mol. The van der Waals surface area contributed by atoms with Crippen molar-refractivity contribution in [2.24, 2.45) is 0 Å². The van der Waals surface area contributed by atoms with Gasteiger partial charge in [0.1, 0.15) is 0 Å². The summed E-state index contributed by atoms with van der Waals surface area (Å²) in [4.78, 5) is 10.9. The van der Waals surface area contributed by atoms with E-state index in [1.165, 1.54) is 6.92 Å². The van der Waals surface area contributed by atoms with Gasteiger partial charge < -0.3 is 4.74 Å². The van der Waals surface area contributed by atoms with Gasteiger partial charge in [-0.05, 0) is 20.8 Å². The van der Waals surface area contributed by atoms with Gasteiger partial charge in [-0.2, -0.15) is 0 Å². The third-order valence-corrected chi connectivity index (χ3v) is 1.84. The van der Waals surface area contributed by atoms with E-state index in [9.17, 15) is 4.79 Å². The van der Waals surface area contributed by atoms with E-state index in [-0.39, 0.29) is 11.9 Å². The normalized spacial score (nSPS) is 40.1. The Hall–Kier alpha value is -0.410. The molecule has 2 unspecified atom stereocenters. The standard InChI is InChI=1S/C7H13NO2/c1-5-4-8-7(3,10-5)6(2)9/h5,8H,4H2,1-3H3. The van der Waals surface area contributed by atoms with Crippen LogP contribution in [0.2, 0.25) is 0 Å². The maximum Gasteiger partial charge on any atom is 0.176 e. The van der Waals surface area contributed by atoms with Gasteiger partial charge in [0.25, 0.3) is 0 Å². The van der Waals surface area contributed by atoms with Gasteiger partial charge in [-0.15, -0.1) is 0 Å². The minimum Gasteiger partial charge on any atom is -0.349 e. The number of ketones is 1. The van der Waals surface area contributed by atoms with E-state index in [2.05, 4.69) is 5.32 Å². The Morgan fingerprint density at radius 3 is 2.60 bits per heavy atom. The molecule has 0 aromatic carbocycles. The summed E-state index contributed by atoms with van der Waals surface area (Å²) in [6, 6.07) is 0. The Morgan fingerprint density at radius 1 is 1.80 bits per heavy atom. The molecule has 0 aromatic heterocycles. The molecule has 0 amide bonds. The smallest absolute Gasteiger partial charge is 0.176 e. The van der Waals surface area contributed by atoms with Gasteiger partial charge in [-0.25, -0.2) is 0 Å². The number of rotatable bonds is 1. The second-order valence-corrected chi connectivity index (χ2v) is 2.90. The van der Waals surface area contributed by atoms with Gasteiger partial charge in [-0.3, -0.25) is 10.1 Å². The van der Waals surface area contributed by atoms with Gasteiger partial charge in [0.15, 0.2) is 11.5 Å². The molecule has 1 fully saturated rings. The highest BCUT2D eigenvalue weighted by Gasteiger charge is 2.37. The van der Waals surface area contributed by atoms with E-state index < -0.39 is 5.72 Å². The van der Waals surface area contributed by atoms with E-state index in [1.807, 2.05) is 6.92 Å². The second kappa shape index (κ2) is 2.32. The maximum absolute atomic E-state index is 10.9. The predicted molar refractivity (Wildman–Crippen MR) is 37.6 cm³/mol. The van der Waals surface area contributed by atoms with Gasteiger partial charge >= 0.3 is 0 Å². The molecule has 1 saturated heterocycles. The maximum atomic E-state index is 10.9. The first-order valence-electron chi connectivity index (χ1n) is 3.48. The topological polar surface area (TPSA) is 38.3 Å². The minimum absolute atomic E-state index is 0.0388. The van der Waals surface area contributed by atoms with Crippen LogP contribution in [0.1, 0.15) is 20.8 Å². The fourth-order valence-corrected chi connectivity index (χ4v) is 1.03. The molecule has 0 bridgehead atoms. The summed E-state index contributed by atoms with van der Waals surface area (Å²) in [5, 5.41) is 3.01. The van der Waals surface area contributed by atoms with E-state index in [0.29, 0.717) is 0 Å². The van der Waals surface area contributed by atoms with Crippen molar-refractivity contribution in [1.29, 1.82) is 0 Å². The van der Waals surface area contributed by atoms with Crippen molar-refractivity contribution in [3.8, 4) is 0 Å². The van der Waals surface area contributed by atoms with Crippen molar-refractivity contribution in [1.82, 2.24) is 5.32 Å². The van der Waals surface area contributed by atoms with E-state index in [4.69, 9.17) is 4.74 Å². The number of carbonyl (C=O) groups is 1. The minimum atomic E-state index is -0.723. The fourth-order valence-electron chi connectivity index (χ4n) is 1.03. The van der Waals surface area contributed by atoms with E-state index in [1.54, 1.807) is 6.92 Å². The van der Waals surface area contributed by atoms with Crippen LogP contribution < -0.4 is 5.32 Å². The van der Waals surface area contributed by atoms with Crippen molar-refractivity contribution in [3.05, 3.63) is 0 Å². The first-order valence-corrected chi connectivity index (χ1v) is 3.48. The third-order valence-electron chi connectivity index (χ3n) is 1.84. The van der Waals surface area contributed by atoms with Crippen molar-refractivity contribution >= 4 is 5.78 Å². The van der Waals surface area contributed by atoms with Crippen LogP contribution in [-0.4, -0.2) is 24.2 Å². The molecule has 1 rings (SSSR count). The van der Waals surface area contributed by atoms with Crippen LogP contribution in [0.15, 0.2) is 0 Å². The van der Waals surface area contributed by atoms with Crippen LogP contribution in [0.3, 0.4) is 0 Å². The zero-order valence-corrected chi connectivity index (χ0v) is 6.60. The van der Waals surface area contributed by atoms with Gasteiger partial charge in [0, 0.05) is 6.54 Å². The van der Waals surface area contributed by atoms with Crippen LogP contribution in [0, 0.1) is 0 Å². The number of carbonyl (C=O) groups excluding carboxylic acids is 1. The first kappa shape index (κ1) is 7.69. The number of hydrogen-bond donors (Lipinski definition) is 1. The number of hydrogen-bond acceptors (Lipinski definition) is 3. The summed E-state index contributed by atoms with van der Waals surface area (Å²) in [5.74, 6) is 0.0388. The summed E-state index contributed by atoms with van der Waals surface area (Å²) >= 11 is 0. The SMILES string of the molecule is CC(=O)C1(C)NCC(C)O1. The monoisotopic (exact) mass is 143 g/mol. The molecule has 0 saturated carbocycles. The van der Waals surface area contributed by atoms with Crippen LogP contribution in [0.5, 0.6) is 0 Å². The molecule has 1 aliphatic heterocycles. The number of Topliss-reactive ketones (excluding diaryl/α,β-unsaturated/α-hetero) is 1. The van der Waals surface area contributed by atoms with Gasteiger partial charge in [0.05, 0.1) is 6.10 Å². The van der Waals surface area contributed by atoms with E-state index in [0.717, 1.165) is 6.54 Å². The molecule has 10 heavy (non-hydrogen) atoms. The van der Waals surface area contributed by atoms with Crippen LogP contribution in [-0.2, 0) is 9.53 Å². The zero-order valence-electron chi connectivity index (χ0n) is 6.60. The predicted octanol–water partition coefficient (Wildman–Crippen LogP) is 0.300. The fraction of sp³-hybridized carbons (Fsp3) is 0.857. The molecule has 2 atom stereocenters. The Balaban J connectivity index is 2.63. The van der Waals surface area contributed by atoms with Crippen molar-refractivity contribution in [2.75, 3.05) is 6.54 Å². The molecule has 58 valence electrons. The highest BCUT2D eigenvalue weighted by molar-refractivity contribution is 5.84. The molecule has 0 aliphatic carbocycles. The largest absolute Gasteiger partial charge is 0.349 e. The van der Waals surface area contributed by atoms with Crippen LogP contribution >= 0.6 is 0 Å². The highest BCUT2D eigenvalue weighted by atomic mass is 16.5. The molecule has 3 heteroatoms. The van der Waals surface area contributed by atoms with Crippen molar-refractivity contribution in [2.45, 2.75) is 32.6 Å². The van der Waals surface area contributed by atoms with Gasteiger partial charge in [-0.1, -0.05) is 0 Å². The Labute approximate surface area is 60.7 Å². The lowest BCUT2D eigenvalue weighted by Gasteiger charge is -2.19. The molecule has 1 N–H and O–H groups in total. The molecule has 0 radical (unpaired) electrons. The highest BCUT2D eigenvalue weighted by Crippen LogP contribution is 2.16. The number of ether oxygens (including phenoxy) is 1. The Kier molecular flexibility index (Phi) is 1.79. The number of nitrogens with one attached hydrogen (secondary N) is 1. The van der Waals surface area contributed by atoms with Crippen LogP contribution in [0.25, 0.3) is 0 Å². The lowest BCUT2D eigenvalue weighted by molar-refractivity contribution is -0.139. The van der Waals surface area contributed by atoms with Crippen LogP contribution in [0.4, 0.5) is 0 Å².